The van der Waals surface area contributed by atoms with Crippen molar-refractivity contribution in [3.05, 3.63) is 41.2 Å². The van der Waals surface area contributed by atoms with Gasteiger partial charge in [-0.25, -0.2) is 22.2 Å². The van der Waals surface area contributed by atoms with Gasteiger partial charge in [-0.15, -0.1) is 5.10 Å². The van der Waals surface area contributed by atoms with Crippen LogP contribution in [0.25, 0.3) is 5.69 Å². The Labute approximate surface area is 103 Å². The second-order valence-electron chi connectivity index (χ2n) is 3.52. The first-order chi connectivity index (χ1) is 8.91. The molecule has 100 valence electrons. The number of aliphatic carboxylic acids is 1. The van der Waals surface area contributed by atoms with Crippen LogP contribution in [-0.4, -0.2) is 26.1 Å². The molecule has 0 amide bonds. The van der Waals surface area contributed by atoms with Crippen molar-refractivity contribution < 1.29 is 27.5 Å². The molecule has 0 fully saturated rings. The van der Waals surface area contributed by atoms with E-state index < -0.39 is 41.3 Å². The number of nitrogens with zero attached hydrogens (tertiary/aromatic N) is 3. The third kappa shape index (κ3) is 2.26. The topological polar surface area (TPSA) is 68.0 Å². The van der Waals surface area contributed by atoms with Crippen LogP contribution in [0.5, 0.6) is 0 Å². The quantitative estimate of drug-likeness (QED) is 0.680. The molecule has 2 rings (SSSR count). The molecule has 1 aromatic carbocycles. The maximum Gasteiger partial charge on any atom is 0.309 e. The number of carbonyl (C=O) groups is 1. The molecular formula is C10H5F4N3O2. The van der Waals surface area contributed by atoms with E-state index >= 15 is 0 Å². The summed E-state index contributed by atoms with van der Waals surface area (Å²) in [7, 11) is 0. The maximum absolute atomic E-state index is 13.5. The van der Waals surface area contributed by atoms with Gasteiger partial charge in [0, 0.05) is 6.07 Å². The van der Waals surface area contributed by atoms with E-state index in [1.165, 1.54) is 0 Å². The van der Waals surface area contributed by atoms with E-state index in [1.807, 2.05) is 0 Å². The summed E-state index contributed by atoms with van der Waals surface area (Å²) in [6, 6.07) is 0.0436. The van der Waals surface area contributed by atoms with Gasteiger partial charge in [0.15, 0.2) is 23.3 Å². The van der Waals surface area contributed by atoms with Crippen LogP contribution in [0, 0.1) is 23.3 Å². The average Bonchev–Trinajstić information content (AvgIpc) is 2.74. The van der Waals surface area contributed by atoms with Crippen LogP contribution in [0.1, 0.15) is 5.69 Å². The van der Waals surface area contributed by atoms with Crippen molar-refractivity contribution in [1.29, 1.82) is 0 Å². The van der Waals surface area contributed by atoms with E-state index in [0.29, 0.717) is 4.68 Å². The predicted molar refractivity (Wildman–Crippen MR) is 52.5 cm³/mol. The van der Waals surface area contributed by atoms with Crippen LogP contribution in [0.4, 0.5) is 17.6 Å². The Bertz CT molecular complexity index is 630. The predicted octanol–water partition coefficient (Wildman–Crippen LogP) is 1.45. The number of carboxylic acids is 1. The van der Waals surface area contributed by atoms with Gasteiger partial charge in [0.25, 0.3) is 0 Å². The fourth-order valence-corrected chi connectivity index (χ4v) is 1.47. The zero-order valence-corrected chi connectivity index (χ0v) is 9.07. The first-order valence-electron chi connectivity index (χ1n) is 4.86. The van der Waals surface area contributed by atoms with Crippen LogP contribution in [0.2, 0.25) is 0 Å². The highest BCUT2D eigenvalue weighted by atomic mass is 19.2. The zero-order chi connectivity index (χ0) is 14.2. The van der Waals surface area contributed by atoms with Crippen molar-refractivity contribution in [2.75, 3.05) is 0 Å². The van der Waals surface area contributed by atoms with Gasteiger partial charge in [-0.3, -0.25) is 4.79 Å². The highest BCUT2D eigenvalue weighted by Crippen LogP contribution is 2.23. The van der Waals surface area contributed by atoms with Crippen LogP contribution in [0.3, 0.4) is 0 Å². The van der Waals surface area contributed by atoms with Crippen molar-refractivity contribution in [2.24, 2.45) is 0 Å². The summed E-state index contributed by atoms with van der Waals surface area (Å²) in [5, 5.41) is 15.1. The fraction of sp³-hybridized carbons (Fsp3) is 0.100. The Balaban J connectivity index is 2.66. The van der Waals surface area contributed by atoms with Gasteiger partial charge in [-0.2, -0.15) is 0 Å². The third-order valence-corrected chi connectivity index (χ3v) is 2.25. The highest BCUT2D eigenvalue weighted by molar-refractivity contribution is 5.69. The van der Waals surface area contributed by atoms with Crippen molar-refractivity contribution >= 4 is 5.97 Å². The molecule has 1 aromatic heterocycles. The molecule has 0 saturated heterocycles. The van der Waals surface area contributed by atoms with Crippen molar-refractivity contribution in [3.8, 4) is 5.69 Å². The molecule has 0 aliphatic heterocycles. The van der Waals surface area contributed by atoms with Gasteiger partial charge >= 0.3 is 5.97 Å². The lowest BCUT2D eigenvalue weighted by atomic mass is 10.2. The number of halogens is 4. The lowest BCUT2D eigenvalue weighted by molar-refractivity contribution is -0.136. The normalized spacial score (nSPS) is 10.7. The van der Waals surface area contributed by atoms with Gasteiger partial charge in [0.1, 0.15) is 5.69 Å². The highest BCUT2D eigenvalue weighted by Gasteiger charge is 2.23. The molecule has 2 aromatic rings. The Morgan fingerprint density at radius 1 is 1.21 bits per heavy atom. The summed E-state index contributed by atoms with van der Waals surface area (Å²) in [5.74, 6) is -7.93. The molecule has 0 aliphatic carbocycles. The maximum atomic E-state index is 13.5. The molecule has 0 aliphatic rings. The van der Waals surface area contributed by atoms with E-state index in [1.54, 1.807) is 0 Å². The Morgan fingerprint density at radius 2 is 1.79 bits per heavy atom. The van der Waals surface area contributed by atoms with E-state index in [-0.39, 0.29) is 11.8 Å². The van der Waals surface area contributed by atoms with Gasteiger partial charge in [0.2, 0.25) is 0 Å². The van der Waals surface area contributed by atoms with E-state index in [0.717, 1.165) is 6.20 Å². The molecule has 5 nitrogen and oxygen atoms in total. The first-order valence-corrected chi connectivity index (χ1v) is 4.86. The van der Waals surface area contributed by atoms with Crippen LogP contribution in [-0.2, 0) is 11.2 Å². The monoisotopic (exact) mass is 275 g/mol. The first kappa shape index (κ1) is 13.0. The van der Waals surface area contributed by atoms with E-state index in [9.17, 15) is 22.4 Å². The van der Waals surface area contributed by atoms with Gasteiger partial charge in [-0.1, -0.05) is 5.21 Å². The third-order valence-electron chi connectivity index (χ3n) is 2.25. The molecule has 9 heteroatoms. The molecule has 1 heterocycles. The summed E-state index contributed by atoms with van der Waals surface area (Å²) in [6.45, 7) is 0. The minimum atomic E-state index is -1.68. The fourth-order valence-electron chi connectivity index (χ4n) is 1.47. The second-order valence-corrected chi connectivity index (χ2v) is 3.52. The molecule has 0 radical (unpaired) electrons. The molecule has 0 unspecified atom stereocenters. The van der Waals surface area contributed by atoms with Gasteiger partial charge in [-0.05, 0) is 0 Å². The largest absolute Gasteiger partial charge is 0.481 e. The molecule has 0 spiro atoms. The number of hydrogen-bond acceptors (Lipinski definition) is 3. The number of hydrogen-bond donors (Lipinski definition) is 1. The van der Waals surface area contributed by atoms with Crippen molar-refractivity contribution in [3.63, 3.8) is 0 Å². The number of aromatic nitrogens is 3. The molecule has 0 atom stereocenters. The molecule has 0 bridgehead atoms. The molecular weight excluding hydrogens is 270 g/mol. The lowest BCUT2D eigenvalue weighted by Crippen LogP contribution is -2.13. The minimum Gasteiger partial charge on any atom is -0.481 e. The number of rotatable bonds is 3. The Hall–Kier alpha value is -2.45. The average molecular weight is 275 g/mol. The Kier molecular flexibility index (Phi) is 3.19. The van der Waals surface area contributed by atoms with Crippen LogP contribution < -0.4 is 0 Å². The SMILES string of the molecule is O=C(O)Cc1cnnn1-c1c(F)c(F)cc(F)c1F. The molecule has 0 saturated carbocycles. The lowest BCUT2D eigenvalue weighted by Gasteiger charge is -2.08. The summed E-state index contributed by atoms with van der Waals surface area (Å²) < 4.78 is 53.5. The standard InChI is InChI=1S/C10H5F4N3O2/c11-5-2-6(12)9(14)10(8(5)13)17-4(1-7(18)19)3-15-16-17/h2-3H,1H2,(H,18,19). The molecule has 1 N–H and O–H groups in total. The van der Waals surface area contributed by atoms with Crippen molar-refractivity contribution in [2.45, 2.75) is 6.42 Å². The van der Waals surface area contributed by atoms with Gasteiger partial charge in [0.05, 0.1) is 18.3 Å². The van der Waals surface area contributed by atoms with E-state index in [4.69, 9.17) is 5.11 Å². The number of benzene rings is 1. The summed E-state index contributed by atoms with van der Waals surface area (Å²) in [4.78, 5) is 10.5. The minimum absolute atomic E-state index is 0.0436. The summed E-state index contributed by atoms with van der Waals surface area (Å²) in [5.41, 5.74) is -1.37. The second kappa shape index (κ2) is 4.67. The van der Waals surface area contributed by atoms with E-state index in [2.05, 4.69) is 10.3 Å². The van der Waals surface area contributed by atoms with Crippen LogP contribution >= 0.6 is 0 Å². The van der Waals surface area contributed by atoms with Crippen molar-refractivity contribution in [1.82, 2.24) is 15.0 Å². The molecule has 19 heavy (non-hydrogen) atoms. The summed E-state index contributed by atoms with van der Waals surface area (Å²) >= 11 is 0. The summed E-state index contributed by atoms with van der Waals surface area (Å²) in [6.07, 6.45) is 0.264. The van der Waals surface area contributed by atoms with Gasteiger partial charge < -0.3 is 5.11 Å². The zero-order valence-electron chi connectivity index (χ0n) is 9.07. The smallest absolute Gasteiger partial charge is 0.309 e. The number of carboxylic acid groups (broad SMARTS) is 1. The van der Waals surface area contributed by atoms with Crippen LogP contribution in [0.15, 0.2) is 12.3 Å². The Morgan fingerprint density at radius 3 is 2.32 bits per heavy atom.